The van der Waals surface area contributed by atoms with Crippen molar-refractivity contribution in [2.45, 2.75) is 18.8 Å². The van der Waals surface area contributed by atoms with Crippen molar-refractivity contribution in [3.63, 3.8) is 0 Å². The van der Waals surface area contributed by atoms with Gasteiger partial charge in [0.25, 0.3) is 5.91 Å². The quantitative estimate of drug-likeness (QED) is 0.494. The highest BCUT2D eigenvalue weighted by Gasteiger charge is 2.36. The van der Waals surface area contributed by atoms with Crippen molar-refractivity contribution in [2.75, 3.05) is 0 Å². The summed E-state index contributed by atoms with van der Waals surface area (Å²) in [6.07, 6.45) is -4.17. The Labute approximate surface area is 189 Å². The molecule has 3 aromatic carbocycles. The lowest BCUT2D eigenvalue weighted by Gasteiger charge is -2.27. The number of hydrogen-bond donors (Lipinski definition) is 1. The summed E-state index contributed by atoms with van der Waals surface area (Å²) in [6, 6.07) is 24.1. The monoisotopic (exact) mass is 446 g/mol. The molecule has 33 heavy (non-hydrogen) atoms. The van der Waals surface area contributed by atoms with Gasteiger partial charge in [-0.15, -0.1) is 0 Å². The summed E-state index contributed by atoms with van der Waals surface area (Å²) < 4.78 is 10.2. The molecule has 3 rings (SSSR count). The Bertz CT molecular complexity index is 1100. The Morgan fingerprint density at radius 2 is 1.09 bits per heavy atom. The van der Waals surface area contributed by atoms with Crippen LogP contribution in [0.4, 0.5) is 0 Å². The van der Waals surface area contributed by atoms with Gasteiger partial charge in [-0.25, -0.2) is 9.59 Å². The van der Waals surface area contributed by atoms with Crippen LogP contribution in [0.15, 0.2) is 91.0 Å². The van der Waals surface area contributed by atoms with Crippen LogP contribution in [0.25, 0.3) is 0 Å². The van der Waals surface area contributed by atoms with Crippen LogP contribution in [0, 0.1) is 0 Å². The van der Waals surface area contributed by atoms with Crippen LogP contribution in [0.2, 0.25) is 0 Å². The second-order valence-corrected chi connectivity index (χ2v) is 6.91. The molecular weight excluding hydrogens is 426 g/mol. The molecule has 0 spiro atoms. The molecule has 2 atom stereocenters. The van der Waals surface area contributed by atoms with Gasteiger partial charge in [0.1, 0.15) is 0 Å². The smallest absolute Gasteiger partial charge is 0.339 e. The third-order valence-electron chi connectivity index (χ3n) is 4.56. The van der Waals surface area contributed by atoms with Gasteiger partial charge in [-0.2, -0.15) is 0 Å². The van der Waals surface area contributed by atoms with Gasteiger partial charge in [-0.3, -0.25) is 4.79 Å². The van der Waals surface area contributed by atoms with Crippen LogP contribution in [0.1, 0.15) is 26.3 Å². The second kappa shape index (κ2) is 11.2. The SMILES string of the molecule is O=C(O[C@@H](C(=O)[O-])[C@@H](OC(=O)c1ccccc1)C(=O)NCc1ccccc1)c1ccccc1. The standard InChI is InChI=1S/C25H21NO7/c27-22(26-16-17-10-4-1-5-11-17)20(32-24(30)18-12-6-2-7-13-18)21(23(28)29)33-25(31)19-14-8-3-9-15-19/h1-15,20-21H,16H2,(H,26,27)(H,28,29)/p-1/t20-,21-/m1/s1. The Hall–Kier alpha value is -4.46. The maximum absolute atomic E-state index is 12.9. The minimum Gasteiger partial charge on any atom is -0.546 e. The Morgan fingerprint density at radius 3 is 1.55 bits per heavy atom. The lowest BCUT2D eigenvalue weighted by molar-refractivity contribution is -0.317. The van der Waals surface area contributed by atoms with E-state index >= 15 is 0 Å². The average Bonchev–Trinajstić information content (AvgIpc) is 2.86. The molecule has 1 N–H and O–H groups in total. The number of esters is 2. The number of carbonyl (C=O) groups is 4. The fourth-order valence-electron chi connectivity index (χ4n) is 2.89. The lowest BCUT2D eigenvalue weighted by atomic mass is 10.1. The van der Waals surface area contributed by atoms with Crippen LogP contribution in [0.3, 0.4) is 0 Å². The molecule has 0 bridgehead atoms. The van der Waals surface area contributed by atoms with Crippen molar-refractivity contribution in [1.82, 2.24) is 5.32 Å². The number of carboxylic acids is 1. The third kappa shape index (κ3) is 6.51. The summed E-state index contributed by atoms with van der Waals surface area (Å²) >= 11 is 0. The molecule has 0 aliphatic rings. The topological polar surface area (TPSA) is 122 Å². The van der Waals surface area contributed by atoms with Gasteiger partial charge in [0, 0.05) is 6.54 Å². The molecule has 0 saturated heterocycles. The van der Waals surface area contributed by atoms with E-state index in [2.05, 4.69) is 5.32 Å². The third-order valence-corrected chi connectivity index (χ3v) is 4.56. The van der Waals surface area contributed by atoms with Crippen LogP contribution in [0.5, 0.6) is 0 Å². The van der Waals surface area contributed by atoms with Gasteiger partial charge >= 0.3 is 11.9 Å². The Kier molecular flexibility index (Phi) is 7.91. The van der Waals surface area contributed by atoms with Crippen LogP contribution < -0.4 is 10.4 Å². The maximum Gasteiger partial charge on any atom is 0.339 e. The van der Waals surface area contributed by atoms with Crippen LogP contribution in [-0.4, -0.2) is 36.0 Å². The van der Waals surface area contributed by atoms with Crippen molar-refractivity contribution in [2.24, 2.45) is 0 Å². The molecule has 1 amide bonds. The molecule has 0 aliphatic carbocycles. The fourth-order valence-corrected chi connectivity index (χ4v) is 2.89. The predicted molar refractivity (Wildman–Crippen MR) is 115 cm³/mol. The Morgan fingerprint density at radius 1 is 0.667 bits per heavy atom. The van der Waals surface area contributed by atoms with Gasteiger partial charge < -0.3 is 24.7 Å². The van der Waals surface area contributed by atoms with Crippen molar-refractivity contribution < 1.29 is 33.8 Å². The number of aliphatic carboxylic acids is 1. The first-order chi connectivity index (χ1) is 16.0. The molecule has 168 valence electrons. The van der Waals surface area contributed by atoms with Gasteiger partial charge in [0.2, 0.25) is 6.10 Å². The van der Waals surface area contributed by atoms with E-state index in [1.54, 1.807) is 66.7 Å². The zero-order valence-corrected chi connectivity index (χ0v) is 17.4. The number of amides is 1. The van der Waals surface area contributed by atoms with Crippen molar-refractivity contribution in [3.8, 4) is 0 Å². The first-order valence-corrected chi connectivity index (χ1v) is 10.0. The van der Waals surface area contributed by atoms with Gasteiger partial charge in [-0.05, 0) is 29.8 Å². The number of ether oxygens (including phenoxy) is 2. The van der Waals surface area contributed by atoms with Gasteiger partial charge in [-0.1, -0.05) is 66.7 Å². The summed E-state index contributed by atoms with van der Waals surface area (Å²) in [5.74, 6) is -4.82. The van der Waals surface area contributed by atoms with Crippen molar-refractivity contribution >= 4 is 23.8 Å². The summed E-state index contributed by atoms with van der Waals surface area (Å²) in [5.41, 5.74) is 0.872. The lowest BCUT2D eigenvalue weighted by Crippen LogP contribution is -2.54. The summed E-state index contributed by atoms with van der Waals surface area (Å²) in [5, 5.41) is 14.4. The van der Waals surface area contributed by atoms with E-state index in [0.29, 0.717) is 0 Å². The molecule has 3 aromatic rings. The molecule has 0 aromatic heterocycles. The molecule has 0 heterocycles. The van der Waals surface area contributed by atoms with Gasteiger partial charge in [0.05, 0.1) is 17.1 Å². The summed E-state index contributed by atoms with van der Waals surface area (Å²) in [7, 11) is 0. The molecule has 0 saturated carbocycles. The molecule has 0 aliphatic heterocycles. The zero-order chi connectivity index (χ0) is 23.6. The number of carboxylic acid groups (broad SMARTS) is 1. The number of benzene rings is 3. The fraction of sp³-hybridized carbons (Fsp3) is 0.120. The minimum atomic E-state index is -2.18. The largest absolute Gasteiger partial charge is 0.546 e. The van der Waals surface area contributed by atoms with Gasteiger partial charge in [0.15, 0.2) is 6.10 Å². The number of nitrogens with one attached hydrogen (secondary N) is 1. The first kappa shape index (κ1) is 23.2. The van der Waals surface area contributed by atoms with E-state index in [4.69, 9.17) is 9.47 Å². The molecule has 0 fully saturated rings. The van der Waals surface area contributed by atoms with Crippen molar-refractivity contribution in [1.29, 1.82) is 0 Å². The molecule has 0 unspecified atom stereocenters. The van der Waals surface area contributed by atoms with E-state index < -0.39 is 36.0 Å². The minimum absolute atomic E-state index is 0.0332. The second-order valence-electron chi connectivity index (χ2n) is 6.91. The summed E-state index contributed by atoms with van der Waals surface area (Å²) in [6.45, 7) is 0.0332. The predicted octanol–water partition coefficient (Wildman–Crippen LogP) is 1.50. The van der Waals surface area contributed by atoms with Crippen LogP contribution >= 0.6 is 0 Å². The molecule has 8 nitrogen and oxygen atoms in total. The van der Waals surface area contributed by atoms with E-state index in [0.717, 1.165) is 5.56 Å². The molecule has 8 heteroatoms. The highest BCUT2D eigenvalue weighted by molar-refractivity contribution is 5.96. The highest BCUT2D eigenvalue weighted by Crippen LogP contribution is 2.13. The number of carbonyl (C=O) groups excluding carboxylic acids is 4. The molecule has 0 radical (unpaired) electrons. The Balaban J connectivity index is 1.83. The van der Waals surface area contributed by atoms with Crippen LogP contribution in [-0.2, 0) is 25.6 Å². The maximum atomic E-state index is 12.9. The van der Waals surface area contributed by atoms with E-state index in [1.807, 2.05) is 0 Å². The first-order valence-electron chi connectivity index (χ1n) is 10.0. The molecular formula is C25H20NO7-. The zero-order valence-electron chi connectivity index (χ0n) is 17.4. The van der Waals surface area contributed by atoms with E-state index in [-0.39, 0.29) is 17.7 Å². The normalized spacial score (nSPS) is 12.1. The van der Waals surface area contributed by atoms with Crippen molar-refractivity contribution in [3.05, 3.63) is 108 Å². The van der Waals surface area contributed by atoms with E-state index in [1.165, 1.54) is 24.3 Å². The number of rotatable bonds is 9. The summed E-state index contributed by atoms with van der Waals surface area (Å²) in [4.78, 5) is 49.7. The highest BCUT2D eigenvalue weighted by atomic mass is 16.6. The number of hydrogen-bond acceptors (Lipinski definition) is 7. The van der Waals surface area contributed by atoms with E-state index in [9.17, 15) is 24.3 Å². The average molecular weight is 446 g/mol.